The molecule has 1 aliphatic carbocycles. The van der Waals surface area contributed by atoms with Gasteiger partial charge in [0.2, 0.25) is 0 Å². The fourth-order valence-corrected chi connectivity index (χ4v) is 6.70. The third-order valence-electron chi connectivity index (χ3n) is 8.84. The lowest BCUT2D eigenvalue weighted by Gasteiger charge is -2.36. The van der Waals surface area contributed by atoms with Crippen molar-refractivity contribution in [2.45, 2.75) is 92.9 Å². The van der Waals surface area contributed by atoms with Crippen LogP contribution in [0.1, 0.15) is 104 Å². The molecule has 0 saturated carbocycles. The quantitative estimate of drug-likeness (QED) is 0.172. The first-order valence-electron chi connectivity index (χ1n) is 16.5. The van der Waals surface area contributed by atoms with Crippen molar-refractivity contribution < 1.29 is 0 Å². The van der Waals surface area contributed by atoms with Crippen molar-refractivity contribution in [3.05, 3.63) is 153 Å². The summed E-state index contributed by atoms with van der Waals surface area (Å²) in [5.41, 5.74) is 15.1. The highest BCUT2D eigenvalue weighted by molar-refractivity contribution is 5.69. The highest BCUT2D eigenvalue weighted by Crippen LogP contribution is 2.46. The number of nitrogens with one attached hydrogen (secondary N) is 1. The third kappa shape index (κ3) is 7.81. The minimum atomic E-state index is -0.394. The molecule has 1 atom stereocenters. The van der Waals surface area contributed by atoms with E-state index in [2.05, 4.69) is 146 Å². The van der Waals surface area contributed by atoms with Crippen LogP contribution in [0.25, 0.3) is 6.08 Å². The summed E-state index contributed by atoms with van der Waals surface area (Å²) in [6, 6.07) is 17.9. The molecule has 1 nitrogen and oxygen atoms in total. The minimum absolute atomic E-state index is 0.394. The summed E-state index contributed by atoms with van der Waals surface area (Å²) in [6.45, 7) is 27.8. The van der Waals surface area contributed by atoms with Gasteiger partial charge in [0, 0.05) is 17.6 Å². The number of hydrogen-bond donors (Lipinski definition) is 1. The Bertz CT molecular complexity index is 1500. The number of hydrogen-bond acceptors (Lipinski definition) is 1. The zero-order chi connectivity index (χ0) is 32.3. The van der Waals surface area contributed by atoms with Crippen LogP contribution in [0.3, 0.4) is 0 Å². The first kappa shape index (κ1) is 34.6. The van der Waals surface area contributed by atoms with Crippen LogP contribution in [0, 0.1) is 0 Å². The normalized spacial score (nSPS) is 14.8. The Morgan fingerprint density at radius 1 is 0.977 bits per heavy atom. The fraction of sp³-hybridized carbons (Fsp3) is 0.349. The molecule has 0 aromatic heterocycles. The molecule has 0 spiro atoms. The van der Waals surface area contributed by atoms with E-state index < -0.39 is 5.41 Å². The Kier molecular flexibility index (Phi) is 12.8. The van der Waals surface area contributed by atoms with Gasteiger partial charge in [0.15, 0.2) is 0 Å². The van der Waals surface area contributed by atoms with Crippen LogP contribution in [-0.4, -0.2) is 6.54 Å². The second-order valence-electron chi connectivity index (χ2n) is 12.3. The smallest absolute Gasteiger partial charge is 0.0394 e. The first-order chi connectivity index (χ1) is 21.1. The predicted octanol–water partition coefficient (Wildman–Crippen LogP) is 12.6. The lowest BCUT2D eigenvalue weighted by Crippen LogP contribution is -2.27. The molecule has 0 heterocycles. The SMILES string of the molecule is C=Cc1ccccc1C(C=C(C(C(=C)CC/C=C\C)=C(C)C)C(=C(C)C)C1=C(C)C=CCC1)(CC)c1ccc(NCC)cc1. The van der Waals surface area contributed by atoms with E-state index >= 15 is 0 Å². The van der Waals surface area contributed by atoms with Crippen LogP contribution in [-0.2, 0) is 5.41 Å². The zero-order valence-corrected chi connectivity index (χ0v) is 28.7. The molecule has 44 heavy (non-hydrogen) atoms. The first-order valence-corrected chi connectivity index (χ1v) is 16.5. The highest BCUT2D eigenvalue weighted by Gasteiger charge is 2.35. The molecule has 2 aromatic carbocycles. The average molecular weight is 586 g/mol. The van der Waals surface area contributed by atoms with E-state index in [1.807, 2.05) is 6.08 Å². The van der Waals surface area contributed by atoms with Gasteiger partial charge in [-0.2, -0.15) is 0 Å². The number of anilines is 1. The van der Waals surface area contributed by atoms with Crippen LogP contribution in [0.5, 0.6) is 0 Å². The van der Waals surface area contributed by atoms with Crippen LogP contribution in [0.4, 0.5) is 5.69 Å². The second-order valence-corrected chi connectivity index (χ2v) is 12.3. The van der Waals surface area contributed by atoms with Gasteiger partial charge in [0.05, 0.1) is 0 Å². The molecular formula is C43H55N. The van der Waals surface area contributed by atoms with Crippen LogP contribution < -0.4 is 5.32 Å². The monoisotopic (exact) mass is 585 g/mol. The van der Waals surface area contributed by atoms with E-state index in [1.54, 1.807) is 0 Å². The standard InChI is InChI=1S/C43H55N/c1-11-15-16-22-34(10)41(31(5)6)39(42(32(7)8)38-24-19-17-21-33(38)9)30-43(13-3,40-25-20-18-23-35(40)12-2)36-26-28-37(29-27-36)44-14-4/h11-12,15,17-18,20-21,23,25-30,44H,2,10,13-14,16,19,22,24H2,1,3-9H3/b15-11-,39-30?. The molecule has 3 rings (SSSR count). The minimum Gasteiger partial charge on any atom is -0.385 e. The Morgan fingerprint density at radius 2 is 1.68 bits per heavy atom. The Hall–Kier alpha value is -3.84. The van der Waals surface area contributed by atoms with E-state index in [4.69, 9.17) is 6.58 Å². The topological polar surface area (TPSA) is 12.0 Å². The van der Waals surface area contributed by atoms with Crippen molar-refractivity contribution in [3.8, 4) is 0 Å². The molecule has 0 radical (unpaired) electrons. The number of rotatable bonds is 14. The molecule has 2 aromatic rings. The molecule has 1 N–H and O–H groups in total. The average Bonchev–Trinajstić information content (AvgIpc) is 3.01. The van der Waals surface area contributed by atoms with Crippen LogP contribution in [0.15, 0.2) is 137 Å². The summed E-state index contributed by atoms with van der Waals surface area (Å²) in [4.78, 5) is 0. The molecule has 1 unspecified atom stereocenters. The second kappa shape index (κ2) is 16.3. The van der Waals surface area contributed by atoms with Crippen molar-refractivity contribution in [1.82, 2.24) is 0 Å². The summed E-state index contributed by atoms with van der Waals surface area (Å²) in [5, 5.41) is 3.48. The van der Waals surface area contributed by atoms with Gasteiger partial charge >= 0.3 is 0 Å². The molecule has 232 valence electrons. The molecule has 0 saturated heterocycles. The van der Waals surface area contributed by atoms with Gasteiger partial charge in [-0.1, -0.05) is 104 Å². The van der Waals surface area contributed by atoms with Gasteiger partial charge in [0.25, 0.3) is 0 Å². The van der Waals surface area contributed by atoms with Crippen LogP contribution in [0.2, 0.25) is 0 Å². The van der Waals surface area contributed by atoms with Crippen molar-refractivity contribution >= 4 is 11.8 Å². The van der Waals surface area contributed by atoms with E-state index in [1.165, 1.54) is 61.3 Å². The lowest BCUT2D eigenvalue weighted by atomic mass is 9.67. The van der Waals surface area contributed by atoms with Crippen LogP contribution >= 0.6 is 0 Å². The zero-order valence-electron chi connectivity index (χ0n) is 28.7. The molecular weight excluding hydrogens is 530 g/mol. The van der Waals surface area contributed by atoms with Gasteiger partial charge < -0.3 is 5.32 Å². The summed E-state index contributed by atoms with van der Waals surface area (Å²) in [7, 11) is 0. The van der Waals surface area contributed by atoms with E-state index in [0.29, 0.717) is 0 Å². The fourth-order valence-electron chi connectivity index (χ4n) is 6.70. The molecule has 1 heteroatoms. The molecule has 1 aliphatic rings. The maximum Gasteiger partial charge on any atom is 0.0394 e. The number of benzene rings is 2. The predicted molar refractivity (Wildman–Crippen MR) is 197 cm³/mol. The Labute approximate surface area is 269 Å². The van der Waals surface area contributed by atoms with Crippen molar-refractivity contribution in [1.29, 1.82) is 0 Å². The van der Waals surface area contributed by atoms with E-state index in [0.717, 1.165) is 44.3 Å². The van der Waals surface area contributed by atoms with E-state index in [9.17, 15) is 0 Å². The largest absolute Gasteiger partial charge is 0.385 e. The van der Waals surface area contributed by atoms with Crippen molar-refractivity contribution in [3.63, 3.8) is 0 Å². The van der Waals surface area contributed by atoms with Gasteiger partial charge in [0.1, 0.15) is 0 Å². The summed E-state index contributed by atoms with van der Waals surface area (Å²) < 4.78 is 0. The van der Waals surface area contributed by atoms with Crippen molar-refractivity contribution in [2.24, 2.45) is 0 Å². The molecule has 0 bridgehead atoms. The maximum atomic E-state index is 4.73. The molecule has 0 aliphatic heterocycles. The number of allylic oxidation sites excluding steroid dienone is 13. The third-order valence-corrected chi connectivity index (χ3v) is 8.84. The van der Waals surface area contributed by atoms with Gasteiger partial charge in [-0.3, -0.25) is 0 Å². The lowest BCUT2D eigenvalue weighted by molar-refractivity contribution is 0.613. The molecule has 0 amide bonds. The Balaban J connectivity index is 2.54. The van der Waals surface area contributed by atoms with Gasteiger partial charge in [-0.25, -0.2) is 0 Å². The summed E-state index contributed by atoms with van der Waals surface area (Å²) in [6.07, 6.45) is 18.5. The highest BCUT2D eigenvalue weighted by atomic mass is 14.8. The maximum absolute atomic E-state index is 4.73. The summed E-state index contributed by atoms with van der Waals surface area (Å²) >= 11 is 0. The van der Waals surface area contributed by atoms with Gasteiger partial charge in [-0.15, -0.1) is 0 Å². The molecule has 0 fully saturated rings. The Morgan fingerprint density at radius 3 is 2.25 bits per heavy atom. The van der Waals surface area contributed by atoms with Crippen molar-refractivity contribution in [2.75, 3.05) is 11.9 Å². The van der Waals surface area contributed by atoms with Gasteiger partial charge in [-0.05, 0) is 143 Å². The van der Waals surface area contributed by atoms with E-state index in [-0.39, 0.29) is 0 Å². The summed E-state index contributed by atoms with van der Waals surface area (Å²) in [5.74, 6) is 0.